The summed E-state index contributed by atoms with van der Waals surface area (Å²) in [5.74, 6) is 0.00533. The van der Waals surface area contributed by atoms with Crippen molar-refractivity contribution in [2.24, 2.45) is 0 Å². The maximum atomic E-state index is 12.2. The average Bonchev–Trinajstić information content (AvgIpc) is 2.32. The Morgan fingerprint density at radius 2 is 1.83 bits per heavy atom. The van der Waals surface area contributed by atoms with Gasteiger partial charge in [-0.15, -0.1) is 0 Å². The summed E-state index contributed by atoms with van der Waals surface area (Å²) in [7, 11) is 0. The molecule has 2 aromatic rings. The van der Waals surface area contributed by atoms with Gasteiger partial charge in [-0.25, -0.2) is 0 Å². The van der Waals surface area contributed by atoms with Crippen LogP contribution in [-0.2, 0) is 0 Å². The fourth-order valence-electron chi connectivity index (χ4n) is 1.80. The molecule has 0 fully saturated rings. The smallest absolute Gasteiger partial charge is 0.387 e. The normalized spacial score (nSPS) is 10.7. The van der Waals surface area contributed by atoms with Gasteiger partial charge in [0.05, 0.1) is 5.69 Å². The van der Waals surface area contributed by atoms with Crippen LogP contribution in [0, 0.1) is 6.92 Å². The van der Waals surface area contributed by atoms with Gasteiger partial charge in [-0.3, -0.25) is 0 Å². The van der Waals surface area contributed by atoms with Crippen LogP contribution in [0.1, 0.15) is 5.56 Å². The largest absolute Gasteiger partial charge is 0.433 e. The van der Waals surface area contributed by atoms with Gasteiger partial charge in [0, 0.05) is 0 Å². The van der Waals surface area contributed by atoms with Crippen molar-refractivity contribution in [2.75, 3.05) is 5.73 Å². The Hall–Kier alpha value is -2.10. The van der Waals surface area contributed by atoms with Crippen LogP contribution < -0.4 is 10.5 Å². The summed E-state index contributed by atoms with van der Waals surface area (Å²) in [5.41, 5.74) is 8.63. The fraction of sp³-hybridized carbons (Fsp3) is 0.143. The highest BCUT2D eigenvalue weighted by Crippen LogP contribution is 2.31. The van der Waals surface area contributed by atoms with Crippen molar-refractivity contribution in [1.29, 1.82) is 0 Å². The predicted octanol–water partition coefficient (Wildman–Crippen LogP) is 3.85. The van der Waals surface area contributed by atoms with E-state index in [1.807, 2.05) is 31.2 Å². The second kappa shape index (κ2) is 5.04. The molecular formula is C14H13F2NO. The van der Waals surface area contributed by atoms with Gasteiger partial charge in [-0.2, -0.15) is 8.78 Å². The number of nitrogens with two attached hydrogens (primary N) is 1. The second-order valence-electron chi connectivity index (χ2n) is 3.95. The highest BCUT2D eigenvalue weighted by Gasteiger charge is 2.10. The molecule has 94 valence electrons. The van der Waals surface area contributed by atoms with Gasteiger partial charge in [0.15, 0.2) is 0 Å². The molecule has 2 N–H and O–H groups in total. The van der Waals surface area contributed by atoms with Crippen LogP contribution in [0.2, 0.25) is 0 Å². The van der Waals surface area contributed by atoms with E-state index in [0.717, 1.165) is 16.7 Å². The van der Waals surface area contributed by atoms with Crippen LogP contribution in [-0.4, -0.2) is 6.61 Å². The van der Waals surface area contributed by atoms with E-state index in [4.69, 9.17) is 5.73 Å². The van der Waals surface area contributed by atoms with Crippen molar-refractivity contribution < 1.29 is 13.5 Å². The summed E-state index contributed by atoms with van der Waals surface area (Å²) < 4.78 is 28.9. The fourth-order valence-corrected chi connectivity index (χ4v) is 1.80. The molecule has 2 nitrogen and oxygen atoms in total. The van der Waals surface area contributed by atoms with Gasteiger partial charge in [0.2, 0.25) is 0 Å². The van der Waals surface area contributed by atoms with Crippen LogP contribution >= 0.6 is 0 Å². The molecule has 0 atom stereocenters. The zero-order valence-electron chi connectivity index (χ0n) is 9.86. The van der Waals surface area contributed by atoms with Crippen LogP contribution in [0.4, 0.5) is 14.5 Å². The third-order valence-electron chi connectivity index (χ3n) is 2.69. The Labute approximate surface area is 104 Å². The lowest BCUT2D eigenvalue weighted by molar-refractivity contribution is -0.0492. The second-order valence-corrected chi connectivity index (χ2v) is 3.95. The molecule has 0 amide bonds. The number of rotatable bonds is 3. The van der Waals surface area contributed by atoms with Crippen molar-refractivity contribution in [1.82, 2.24) is 0 Å². The number of anilines is 1. The topological polar surface area (TPSA) is 35.2 Å². The Bertz CT molecular complexity index is 555. The van der Waals surface area contributed by atoms with E-state index in [0.29, 0.717) is 0 Å². The molecule has 0 aliphatic rings. The standard InChI is InChI=1S/C14H13F2NO/c1-9-4-2-3-5-11(9)10-6-7-12(17)13(8-10)18-14(15)16/h2-8,14H,17H2,1H3. The maximum absolute atomic E-state index is 12.2. The van der Waals surface area contributed by atoms with Crippen molar-refractivity contribution >= 4 is 5.69 Å². The number of benzene rings is 2. The molecule has 0 saturated carbocycles. The summed E-state index contributed by atoms with van der Waals surface area (Å²) in [6.45, 7) is -0.918. The maximum Gasteiger partial charge on any atom is 0.387 e. The Morgan fingerprint density at radius 3 is 2.50 bits per heavy atom. The predicted molar refractivity (Wildman–Crippen MR) is 67.7 cm³/mol. The quantitative estimate of drug-likeness (QED) is 0.838. The summed E-state index contributed by atoms with van der Waals surface area (Å²) in [4.78, 5) is 0. The molecule has 0 aromatic heterocycles. The zero-order chi connectivity index (χ0) is 13.1. The molecule has 4 heteroatoms. The average molecular weight is 249 g/mol. The third kappa shape index (κ3) is 2.59. The number of alkyl halides is 2. The van der Waals surface area contributed by atoms with Crippen molar-refractivity contribution in [3.05, 3.63) is 48.0 Å². The summed E-state index contributed by atoms with van der Waals surface area (Å²) in [6, 6.07) is 12.6. The molecule has 2 rings (SSSR count). The summed E-state index contributed by atoms with van der Waals surface area (Å²) >= 11 is 0. The van der Waals surface area contributed by atoms with Gasteiger partial charge in [-0.05, 0) is 35.7 Å². The Kier molecular flexibility index (Phi) is 3.46. The number of ether oxygens (including phenoxy) is 1. The number of hydrogen-bond donors (Lipinski definition) is 1. The summed E-state index contributed by atoms with van der Waals surface area (Å²) in [6.07, 6.45) is 0. The molecule has 18 heavy (non-hydrogen) atoms. The minimum atomic E-state index is -2.88. The van der Waals surface area contributed by atoms with Crippen molar-refractivity contribution in [2.45, 2.75) is 13.5 Å². The van der Waals surface area contributed by atoms with E-state index in [9.17, 15) is 8.78 Å². The minimum absolute atomic E-state index is 0.00533. The Morgan fingerprint density at radius 1 is 1.11 bits per heavy atom. The molecular weight excluding hydrogens is 236 g/mol. The molecule has 2 aromatic carbocycles. The van der Waals surface area contributed by atoms with Crippen LogP contribution in [0.25, 0.3) is 11.1 Å². The van der Waals surface area contributed by atoms with E-state index in [2.05, 4.69) is 4.74 Å². The molecule has 0 unspecified atom stereocenters. The first-order chi connectivity index (χ1) is 8.58. The minimum Gasteiger partial charge on any atom is -0.433 e. The van der Waals surface area contributed by atoms with Gasteiger partial charge < -0.3 is 10.5 Å². The third-order valence-corrected chi connectivity index (χ3v) is 2.69. The van der Waals surface area contributed by atoms with Crippen molar-refractivity contribution in [3.8, 4) is 16.9 Å². The highest BCUT2D eigenvalue weighted by atomic mass is 19.3. The molecule has 0 saturated heterocycles. The molecule has 0 aliphatic carbocycles. The lowest BCUT2D eigenvalue weighted by atomic mass is 10.0. The van der Waals surface area contributed by atoms with E-state index in [1.54, 1.807) is 12.1 Å². The van der Waals surface area contributed by atoms with Gasteiger partial charge >= 0.3 is 6.61 Å². The van der Waals surface area contributed by atoms with E-state index in [-0.39, 0.29) is 11.4 Å². The molecule has 0 bridgehead atoms. The van der Waals surface area contributed by atoms with Gasteiger partial charge in [-0.1, -0.05) is 30.3 Å². The molecule has 0 aliphatic heterocycles. The molecule has 0 radical (unpaired) electrons. The zero-order valence-corrected chi connectivity index (χ0v) is 9.86. The first-order valence-corrected chi connectivity index (χ1v) is 5.48. The number of halogens is 2. The van der Waals surface area contributed by atoms with E-state index in [1.165, 1.54) is 6.07 Å². The first-order valence-electron chi connectivity index (χ1n) is 5.48. The lowest BCUT2D eigenvalue weighted by Gasteiger charge is -2.11. The Balaban J connectivity index is 2.44. The SMILES string of the molecule is Cc1ccccc1-c1ccc(N)c(OC(F)F)c1. The molecule has 0 spiro atoms. The number of hydrogen-bond acceptors (Lipinski definition) is 2. The first kappa shape index (κ1) is 12.4. The summed E-state index contributed by atoms with van der Waals surface area (Å²) in [5, 5.41) is 0. The van der Waals surface area contributed by atoms with Gasteiger partial charge in [0.25, 0.3) is 0 Å². The monoisotopic (exact) mass is 249 g/mol. The van der Waals surface area contributed by atoms with Crippen LogP contribution in [0.5, 0.6) is 5.75 Å². The molecule has 0 heterocycles. The van der Waals surface area contributed by atoms with Gasteiger partial charge in [0.1, 0.15) is 5.75 Å². The van der Waals surface area contributed by atoms with Crippen LogP contribution in [0.15, 0.2) is 42.5 Å². The van der Waals surface area contributed by atoms with Crippen molar-refractivity contribution in [3.63, 3.8) is 0 Å². The van der Waals surface area contributed by atoms with Crippen LogP contribution in [0.3, 0.4) is 0 Å². The number of nitrogen functional groups attached to an aromatic ring is 1. The lowest BCUT2D eigenvalue weighted by Crippen LogP contribution is -2.04. The highest BCUT2D eigenvalue weighted by molar-refractivity contribution is 5.72. The van der Waals surface area contributed by atoms with E-state index >= 15 is 0 Å². The van der Waals surface area contributed by atoms with E-state index < -0.39 is 6.61 Å². The number of aryl methyl sites for hydroxylation is 1.